The summed E-state index contributed by atoms with van der Waals surface area (Å²) < 4.78 is 0. The van der Waals surface area contributed by atoms with Crippen LogP contribution in [0.25, 0.3) is 0 Å². The Labute approximate surface area is 211 Å². The topological polar surface area (TPSA) is 98.0 Å². The highest BCUT2D eigenvalue weighted by Crippen LogP contribution is 2.75. The summed E-state index contributed by atoms with van der Waals surface area (Å²) in [6, 6.07) is 0. The fourth-order valence-corrected chi connectivity index (χ4v) is 10.8. The minimum absolute atomic E-state index is 0.00144. The predicted molar refractivity (Wildman–Crippen MR) is 135 cm³/mol. The fourth-order valence-electron chi connectivity index (χ4n) is 10.8. The SMILES string of the molecule is CC1(C)[C@H]2CC[C@]3(C)[C@@H](CC=C4[C@@H]5[C@H](O)[C@](C)(C(=O)O)CC[C@]5(C)CC[C@]43C)[C@@]2(C)C[C@@H](O)[C@@H]1O. The molecule has 0 amide bonds. The third kappa shape index (κ3) is 2.95. The molecular formula is C30H48O5. The highest BCUT2D eigenvalue weighted by atomic mass is 16.4. The molecule has 5 aliphatic carbocycles. The predicted octanol–water partition coefficient (Wildman–Crippen LogP) is 5.18. The lowest BCUT2D eigenvalue weighted by Gasteiger charge is -2.72. The summed E-state index contributed by atoms with van der Waals surface area (Å²) in [6.07, 6.45) is 7.14. The lowest BCUT2D eigenvalue weighted by Crippen LogP contribution is -2.67. The van der Waals surface area contributed by atoms with E-state index in [4.69, 9.17) is 0 Å². The van der Waals surface area contributed by atoms with Crippen LogP contribution in [0.5, 0.6) is 0 Å². The Morgan fingerprint density at radius 1 is 0.857 bits per heavy atom. The van der Waals surface area contributed by atoms with E-state index in [1.54, 1.807) is 6.92 Å². The van der Waals surface area contributed by atoms with E-state index in [2.05, 4.69) is 47.6 Å². The quantitative estimate of drug-likeness (QED) is 0.382. The molecule has 0 heterocycles. The number of carbonyl (C=O) groups is 1. The van der Waals surface area contributed by atoms with Crippen LogP contribution in [0.4, 0.5) is 0 Å². The molecule has 0 saturated heterocycles. The van der Waals surface area contributed by atoms with E-state index in [0.717, 1.165) is 38.5 Å². The van der Waals surface area contributed by atoms with E-state index >= 15 is 0 Å². The van der Waals surface area contributed by atoms with Crippen LogP contribution in [-0.4, -0.2) is 44.7 Å². The zero-order valence-electron chi connectivity index (χ0n) is 22.9. The van der Waals surface area contributed by atoms with Gasteiger partial charge in [-0.1, -0.05) is 53.2 Å². The Balaban J connectivity index is 1.61. The molecule has 0 aromatic heterocycles. The average molecular weight is 489 g/mol. The van der Waals surface area contributed by atoms with Crippen molar-refractivity contribution < 1.29 is 25.2 Å². The Kier molecular flexibility index (Phi) is 5.40. The third-order valence-corrected chi connectivity index (χ3v) is 13.4. The molecule has 0 aromatic rings. The molecule has 5 rings (SSSR count). The number of hydrogen-bond donors (Lipinski definition) is 4. The number of rotatable bonds is 1. The summed E-state index contributed by atoms with van der Waals surface area (Å²) in [5, 5.41) is 43.6. The molecule has 4 fully saturated rings. The summed E-state index contributed by atoms with van der Waals surface area (Å²) in [4.78, 5) is 12.3. The number of allylic oxidation sites excluding steroid dienone is 1. The summed E-state index contributed by atoms with van der Waals surface area (Å²) in [5.41, 5.74) is -0.415. The number of aliphatic hydroxyl groups excluding tert-OH is 3. The lowest BCUT2D eigenvalue weighted by molar-refractivity contribution is -0.234. The number of carboxylic acid groups (broad SMARTS) is 1. The average Bonchev–Trinajstić information content (AvgIpc) is 2.76. The highest BCUT2D eigenvalue weighted by molar-refractivity contribution is 5.75. The molecule has 5 nitrogen and oxygen atoms in total. The van der Waals surface area contributed by atoms with E-state index in [0.29, 0.717) is 24.7 Å². The maximum atomic E-state index is 12.3. The van der Waals surface area contributed by atoms with Gasteiger partial charge in [0.15, 0.2) is 0 Å². The Hall–Kier alpha value is -0.910. The molecule has 5 heteroatoms. The number of fused-ring (bicyclic) bond motifs is 7. The second-order valence-electron chi connectivity index (χ2n) is 15.1. The van der Waals surface area contributed by atoms with Crippen LogP contribution in [0.1, 0.15) is 99.8 Å². The van der Waals surface area contributed by atoms with Gasteiger partial charge in [0, 0.05) is 5.92 Å². The second-order valence-corrected chi connectivity index (χ2v) is 15.1. The van der Waals surface area contributed by atoms with Crippen LogP contribution >= 0.6 is 0 Å². The van der Waals surface area contributed by atoms with Gasteiger partial charge in [0.05, 0.1) is 23.7 Å². The van der Waals surface area contributed by atoms with Crippen molar-refractivity contribution in [3.63, 3.8) is 0 Å². The molecule has 35 heavy (non-hydrogen) atoms. The van der Waals surface area contributed by atoms with Crippen LogP contribution in [0.2, 0.25) is 0 Å². The van der Waals surface area contributed by atoms with Gasteiger partial charge in [0.1, 0.15) is 0 Å². The van der Waals surface area contributed by atoms with E-state index in [1.165, 1.54) is 5.57 Å². The second kappa shape index (κ2) is 7.35. The molecule has 0 radical (unpaired) electrons. The minimum atomic E-state index is -1.11. The smallest absolute Gasteiger partial charge is 0.312 e. The molecule has 0 spiro atoms. The molecule has 198 valence electrons. The third-order valence-electron chi connectivity index (χ3n) is 13.4. The van der Waals surface area contributed by atoms with E-state index < -0.39 is 29.7 Å². The Morgan fingerprint density at radius 2 is 1.49 bits per heavy atom. The largest absolute Gasteiger partial charge is 0.481 e. The first-order chi connectivity index (χ1) is 16.0. The summed E-state index contributed by atoms with van der Waals surface area (Å²) >= 11 is 0. The number of aliphatic carboxylic acids is 1. The van der Waals surface area contributed by atoms with Crippen LogP contribution in [-0.2, 0) is 4.79 Å². The van der Waals surface area contributed by atoms with Crippen molar-refractivity contribution in [1.29, 1.82) is 0 Å². The van der Waals surface area contributed by atoms with Crippen molar-refractivity contribution in [1.82, 2.24) is 0 Å². The molecule has 0 aromatic carbocycles. The van der Waals surface area contributed by atoms with Gasteiger partial charge in [-0.15, -0.1) is 0 Å². The normalized spacial score (nSPS) is 57.1. The van der Waals surface area contributed by atoms with Crippen molar-refractivity contribution in [2.24, 2.45) is 50.2 Å². The Bertz CT molecular complexity index is 956. The number of carboxylic acids is 1. The van der Waals surface area contributed by atoms with Gasteiger partial charge in [0.2, 0.25) is 0 Å². The van der Waals surface area contributed by atoms with E-state index in [1.807, 2.05) is 0 Å². The summed E-state index contributed by atoms with van der Waals surface area (Å²) in [6.45, 7) is 15.5. The van der Waals surface area contributed by atoms with Gasteiger partial charge in [-0.25, -0.2) is 0 Å². The molecule has 11 atom stereocenters. The molecule has 0 bridgehead atoms. The van der Waals surface area contributed by atoms with Crippen LogP contribution in [0, 0.1) is 50.2 Å². The zero-order valence-corrected chi connectivity index (χ0v) is 22.9. The molecule has 5 aliphatic rings. The van der Waals surface area contributed by atoms with Crippen LogP contribution in [0.15, 0.2) is 11.6 Å². The van der Waals surface area contributed by atoms with Crippen LogP contribution in [0.3, 0.4) is 0 Å². The minimum Gasteiger partial charge on any atom is -0.481 e. The van der Waals surface area contributed by atoms with Gasteiger partial charge in [0.25, 0.3) is 0 Å². The van der Waals surface area contributed by atoms with Crippen LogP contribution < -0.4 is 0 Å². The monoisotopic (exact) mass is 488 g/mol. The Morgan fingerprint density at radius 3 is 2.11 bits per heavy atom. The maximum Gasteiger partial charge on any atom is 0.312 e. The van der Waals surface area contributed by atoms with E-state index in [-0.39, 0.29) is 33.0 Å². The summed E-state index contributed by atoms with van der Waals surface area (Å²) in [7, 11) is 0. The number of aliphatic hydroxyl groups is 3. The van der Waals surface area contributed by atoms with Gasteiger partial charge in [-0.2, -0.15) is 0 Å². The lowest BCUT2D eigenvalue weighted by atomic mass is 9.33. The molecule has 0 aliphatic heterocycles. The fraction of sp³-hybridized carbons (Fsp3) is 0.900. The van der Waals surface area contributed by atoms with Gasteiger partial charge < -0.3 is 20.4 Å². The van der Waals surface area contributed by atoms with Crippen molar-refractivity contribution in [2.45, 2.75) is 118 Å². The standard InChI is InChI=1S/C30H48O5/c1-25(2)19-10-11-30(7)20(28(19,5)16-18(31)22(25)32)9-8-17-21-23(33)27(4,24(34)35)14-12-26(21,3)13-15-29(17,30)6/h8,18-23,31-33H,9-16H2,1-7H3,(H,34,35)/t18-,19-,20+,21-,22+,23+,26-,27-,28+,29-,30-/m1/s1. The molecule has 4 N–H and O–H groups in total. The van der Waals surface area contributed by atoms with Gasteiger partial charge >= 0.3 is 5.97 Å². The van der Waals surface area contributed by atoms with Crippen molar-refractivity contribution >= 4 is 5.97 Å². The van der Waals surface area contributed by atoms with E-state index in [9.17, 15) is 25.2 Å². The first-order valence-electron chi connectivity index (χ1n) is 14.0. The molecule has 0 unspecified atom stereocenters. The van der Waals surface area contributed by atoms with Crippen molar-refractivity contribution in [3.8, 4) is 0 Å². The number of hydrogen-bond acceptors (Lipinski definition) is 4. The van der Waals surface area contributed by atoms with Gasteiger partial charge in [-0.3, -0.25) is 4.79 Å². The first-order valence-corrected chi connectivity index (χ1v) is 14.0. The zero-order chi connectivity index (χ0) is 26.0. The molecule has 4 saturated carbocycles. The molecular weight excluding hydrogens is 440 g/mol. The maximum absolute atomic E-state index is 12.3. The van der Waals surface area contributed by atoms with Gasteiger partial charge in [-0.05, 0) is 97.2 Å². The van der Waals surface area contributed by atoms with Crippen molar-refractivity contribution in [2.75, 3.05) is 0 Å². The summed E-state index contributed by atoms with van der Waals surface area (Å²) in [5.74, 6) is -0.297. The highest BCUT2D eigenvalue weighted by Gasteiger charge is 2.70. The first kappa shape index (κ1) is 25.7. The van der Waals surface area contributed by atoms with Crippen molar-refractivity contribution in [3.05, 3.63) is 11.6 Å².